The zero-order chi connectivity index (χ0) is 9.97. The molecule has 0 saturated heterocycles. The fourth-order valence-electron chi connectivity index (χ4n) is 2.45. The van der Waals surface area contributed by atoms with Gasteiger partial charge in [0.15, 0.2) is 0 Å². The predicted molar refractivity (Wildman–Crippen MR) is 56.2 cm³/mol. The van der Waals surface area contributed by atoms with E-state index >= 15 is 0 Å². The van der Waals surface area contributed by atoms with Crippen molar-refractivity contribution in [3.8, 4) is 0 Å². The Bertz CT molecular complexity index is 252. The van der Waals surface area contributed by atoms with E-state index in [0.717, 1.165) is 11.8 Å². The topological polar surface area (TPSA) is 41.5 Å². The van der Waals surface area contributed by atoms with Gasteiger partial charge in [0.2, 0.25) is 5.91 Å². The Kier molecular flexibility index (Phi) is 2.85. The minimum absolute atomic E-state index is 0.0672. The molecule has 0 aromatic carbocycles. The van der Waals surface area contributed by atoms with Crippen molar-refractivity contribution in [2.24, 2.45) is 16.8 Å². The smallest absolute Gasteiger partial charge is 0.247 e. The second kappa shape index (κ2) is 4.11. The summed E-state index contributed by atoms with van der Waals surface area (Å²) in [4.78, 5) is 15.2. The standard InChI is InChI=1S/C11H18N2O/c1-2-8-3-5-9(6-4-8)11-12-7-10(14)13-11/h8-9H,2-7H2,1H3,(H,12,13,14). The number of hydrogen-bond donors (Lipinski definition) is 1. The SMILES string of the molecule is CCC1CCC(C2=NCC(=O)N2)CC1. The van der Waals surface area contributed by atoms with Crippen LogP contribution >= 0.6 is 0 Å². The average molecular weight is 194 g/mol. The number of hydrogen-bond acceptors (Lipinski definition) is 2. The summed E-state index contributed by atoms with van der Waals surface area (Å²) in [5, 5.41) is 2.87. The highest BCUT2D eigenvalue weighted by molar-refractivity contribution is 6.04. The fraction of sp³-hybridized carbons (Fsp3) is 0.818. The Morgan fingerprint density at radius 3 is 2.57 bits per heavy atom. The van der Waals surface area contributed by atoms with E-state index in [2.05, 4.69) is 17.2 Å². The fourth-order valence-corrected chi connectivity index (χ4v) is 2.45. The summed E-state index contributed by atoms with van der Waals surface area (Å²) >= 11 is 0. The highest BCUT2D eigenvalue weighted by atomic mass is 16.2. The molecule has 0 aromatic rings. The van der Waals surface area contributed by atoms with E-state index in [-0.39, 0.29) is 5.91 Å². The third kappa shape index (κ3) is 1.97. The summed E-state index contributed by atoms with van der Waals surface area (Å²) in [6.45, 7) is 2.61. The van der Waals surface area contributed by atoms with Crippen molar-refractivity contribution in [1.29, 1.82) is 0 Å². The Balaban J connectivity index is 1.86. The highest BCUT2D eigenvalue weighted by Crippen LogP contribution is 2.31. The predicted octanol–water partition coefficient (Wildman–Crippen LogP) is 1.73. The van der Waals surface area contributed by atoms with Crippen LogP contribution < -0.4 is 5.32 Å². The van der Waals surface area contributed by atoms with Crippen molar-refractivity contribution in [1.82, 2.24) is 5.32 Å². The molecule has 1 fully saturated rings. The van der Waals surface area contributed by atoms with Crippen LogP contribution in [0.4, 0.5) is 0 Å². The van der Waals surface area contributed by atoms with Gasteiger partial charge in [-0.3, -0.25) is 9.79 Å². The summed E-state index contributed by atoms with van der Waals surface area (Å²) in [6.07, 6.45) is 6.31. The molecule has 1 N–H and O–H groups in total. The molecular formula is C11H18N2O. The number of amidine groups is 1. The number of carbonyl (C=O) groups is 1. The van der Waals surface area contributed by atoms with Gasteiger partial charge in [-0.15, -0.1) is 0 Å². The van der Waals surface area contributed by atoms with Crippen LogP contribution in [0.2, 0.25) is 0 Å². The lowest BCUT2D eigenvalue weighted by molar-refractivity contribution is -0.117. The first kappa shape index (κ1) is 9.69. The van der Waals surface area contributed by atoms with Crippen LogP contribution in [0.15, 0.2) is 4.99 Å². The number of amides is 1. The summed E-state index contributed by atoms with van der Waals surface area (Å²) < 4.78 is 0. The number of rotatable bonds is 2. The van der Waals surface area contributed by atoms with E-state index in [1.165, 1.54) is 32.1 Å². The minimum Gasteiger partial charge on any atom is -0.313 e. The molecule has 1 aliphatic heterocycles. The molecule has 0 unspecified atom stereocenters. The first-order valence-corrected chi connectivity index (χ1v) is 5.63. The van der Waals surface area contributed by atoms with Gasteiger partial charge < -0.3 is 5.32 Å². The van der Waals surface area contributed by atoms with Crippen molar-refractivity contribution in [2.45, 2.75) is 39.0 Å². The first-order valence-electron chi connectivity index (χ1n) is 5.63. The highest BCUT2D eigenvalue weighted by Gasteiger charge is 2.27. The molecular weight excluding hydrogens is 176 g/mol. The van der Waals surface area contributed by atoms with E-state index in [9.17, 15) is 4.79 Å². The van der Waals surface area contributed by atoms with Crippen LogP contribution in [-0.2, 0) is 4.79 Å². The van der Waals surface area contributed by atoms with Crippen LogP contribution in [0.3, 0.4) is 0 Å². The van der Waals surface area contributed by atoms with Crippen molar-refractivity contribution >= 4 is 11.7 Å². The Morgan fingerprint density at radius 1 is 1.36 bits per heavy atom. The molecule has 0 bridgehead atoms. The van der Waals surface area contributed by atoms with Gasteiger partial charge in [-0.05, 0) is 31.6 Å². The van der Waals surface area contributed by atoms with Crippen molar-refractivity contribution in [3.63, 3.8) is 0 Å². The minimum atomic E-state index is 0.0672. The van der Waals surface area contributed by atoms with Gasteiger partial charge in [-0.2, -0.15) is 0 Å². The van der Waals surface area contributed by atoms with Crippen molar-refractivity contribution < 1.29 is 4.79 Å². The summed E-state index contributed by atoms with van der Waals surface area (Å²) in [5.74, 6) is 2.47. The van der Waals surface area contributed by atoms with Crippen molar-refractivity contribution in [3.05, 3.63) is 0 Å². The van der Waals surface area contributed by atoms with Crippen LogP contribution in [-0.4, -0.2) is 18.3 Å². The molecule has 0 radical (unpaired) electrons. The molecule has 1 amide bonds. The molecule has 2 rings (SSSR count). The molecule has 3 nitrogen and oxygen atoms in total. The monoisotopic (exact) mass is 194 g/mol. The van der Waals surface area contributed by atoms with Crippen LogP contribution in [0.5, 0.6) is 0 Å². The first-order chi connectivity index (χ1) is 6.79. The maximum Gasteiger partial charge on any atom is 0.247 e. The lowest BCUT2D eigenvalue weighted by Gasteiger charge is -2.27. The van der Waals surface area contributed by atoms with Crippen molar-refractivity contribution in [2.75, 3.05) is 6.54 Å². The lowest BCUT2D eigenvalue weighted by Crippen LogP contribution is -2.32. The molecule has 0 spiro atoms. The number of nitrogens with one attached hydrogen (secondary N) is 1. The van der Waals surface area contributed by atoms with Gasteiger partial charge in [0.1, 0.15) is 12.4 Å². The molecule has 0 aromatic heterocycles. The number of aliphatic imine (C=N–C) groups is 1. The van der Waals surface area contributed by atoms with E-state index in [1.54, 1.807) is 0 Å². The molecule has 1 heterocycles. The van der Waals surface area contributed by atoms with Gasteiger partial charge in [-0.1, -0.05) is 13.3 Å². The largest absolute Gasteiger partial charge is 0.313 e. The van der Waals surface area contributed by atoms with E-state index in [0.29, 0.717) is 12.5 Å². The van der Waals surface area contributed by atoms with E-state index in [4.69, 9.17) is 0 Å². The Hall–Kier alpha value is -0.860. The number of nitrogens with zero attached hydrogens (tertiary/aromatic N) is 1. The average Bonchev–Trinajstić information content (AvgIpc) is 2.65. The number of carbonyl (C=O) groups excluding carboxylic acids is 1. The zero-order valence-corrected chi connectivity index (χ0v) is 8.75. The Morgan fingerprint density at radius 2 is 2.07 bits per heavy atom. The third-order valence-corrected chi connectivity index (χ3v) is 3.47. The Labute approximate surface area is 85.0 Å². The van der Waals surface area contributed by atoms with Gasteiger partial charge >= 0.3 is 0 Å². The normalized spacial score (nSPS) is 32.6. The van der Waals surface area contributed by atoms with Crippen LogP contribution in [0, 0.1) is 11.8 Å². The maximum atomic E-state index is 11.0. The second-order valence-corrected chi connectivity index (χ2v) is 4.38. The van der Waals surface area contributed by atoms with Gasteiger partial charge in [0.25, 0.3) is 0 Å². The van der Waals surface area contributed by atoms with E-state index < -0.39 is 0 Å². The summed E-state index contributed by atoms with van der Waals surface area (Å²) in [6, 6.07) is 0. The third-order valence-electron chi connectivity index (χ3n) is 3.47. The molecule has 0 atom stereocenters. The van der Waals surface area contributed by atoms with Gasteiger partial charge in [0, 0.05) is 5.92 Å². The molecule has 14 heavy (non-hydrogen) atoms. The molecule has 3 heteroatoms. The lowest BCUT2D eigenvalue weighted by atomic mass is 9.80. The van der Waals surface area contributed by atoms with Crippen LogP contribution in [0.1, 0.15) is 39.0 Å². The zero-order valence-electron chi connectivity index (χ0n) is 8.75. The summed E-state index contributed by atoms with van der Waals surface area (Å²) in [7, 11) is 0. The molecule has 78 valence electrons. The van der Waals surface area contributed by atoms with Gasteiger partial charge in [0.05, 0.1) is 0 Å². The van der Waals surface area contributed by atoms with Gasteiger partial charge in [-0.25, -0.2) is 0 Å². The molecule has 1 saturated carbocycles. The molecule has 1 aliphatic carbocycles. The maximum absolute atomic E-state index is 11.0. The molecule has 2 aliphatic rings. The quantitative estimate of drug-likeness (QED) is 0.714. The summed E-state index contributed by atoms with van der Waals surface area (Å²) in [5.41, 5.74) is 0. The second-order valence-electron chi connectivity index (χ2n) is 4.38. The van der Waals surface area contributed by atoms with E-state index in [1.807, 2.05) is 0 Å². The van der Waals surface area contributed by atoms with Crippen LogP contribution in [0.25, 0.3) is 0 Å².